The SMILES string of the molecule is O=C(Cc1csc(-c2cccc(F)c2)n1)NC1CCC(O)CC1. The number of aliphatic hydroxyl groups excluding tert-OH is 1. The number of nitrogens with zero attached hydrogens (tertiary/aromatic N) is 1. The van der Waals surface area contributed by atoms with E-state index >= 15 is 0 Å². The van der Waals surface area contributed by atoms with Crippen LogP contribution in [0.5, 0.6) is 0 Å². The van der Waals surface area contributed by atoms with Crippen molar-refractivity contribution in [2.75, 3.05) is 0 Å². The minimum absolute atomic E-state index is 0.0533. The summed E-state index contributed by atoms with van der Waals surface area (Å²) in [5.41, 5.74) is 1.42. The Labute approximate surface area is 138 Å². The molecular weight excluding hydrogens is 315 g/mol. The zero-order chi connectivity index (χ0) is 16.2. The van der Waals surface area contributed by atoms with Crippen molar-refractivity contribution in [3.8, 4) is 10.6 Å². The predicted molar refractivity (Wildman–Crippen MR) is 87.6 cm³/mol. The fourth-order valence-electron chi connectivity index (χ4n) is 2.81. The van der Waals surface area contributed by atoms with Gasteiger partial charge in [0.1, 0.15) is 10.8 Å². The van der Waals surface area contributed by atoms with Crippen LogP contribution in [-0.4, -0.2) is 28.1 Å². The van der Waals surface area contributed by atoms with Crippen LogP contribution in [0, 0.1) is 5.82 Å². The molecule has 0 saturated heterocycles. The largest absolute Gasteiger partial charge is 0.393 e. The Kier molecular flexibility index (Phi) is 5.03. The predicted octanol–water partition coefficient (Wildman–Crippen LogP) is 2.91. The van der Waals surface area contributed by atoms with Gasteiger partial charge in [-0.1, -0.05) is 12.1 Å². The summed E-state index contributed by atoms with van der Waals surface area (Å²) in [5, 5.41) is 15.0. The molecule has 0 unspecified atom stereocenters. The number of benzene rings is 1. The van der Waals surface area contributed by atoms with Crippen molar-refractivity contribution in [3.63, 3.8) is 0 Å². The van der Waals surface area contributed by atoms with Crippen molar-refractivity contribution in [2.45, 2.75) is 44.2 Å². The molecule has 1 aliphatic carbocycles. The average Bonchev–Trinajstić information content (AvgIpc) is 2.98. The fourth-order valence-corrected chi connectivity index (χ4v) is 3.62. The molecule has 1 aromatic heterocycles. The lowest BCUT2D eigenvalue weighted by atomic mass is 9.93. The number of aromatic nitrogens is 1. The first-order valence-electron chi connectivity index (χ1n) is 7.78. The van der Waals surface area contributed by atoms with Crippen molar-refractivity contribution >= 4 is 17.2 Å². The van der Waals surface area contributed by atoms with E-state index in [2.05, 4.69) is 10.3 Å². The molecule has 0 spiro atoms. The van der Waals surface area contributed by atoms with E-state index in [1.807, 2.05) is 5.38 Å². The van der Waals surface area contributed by atoms with Crippen LogP contribution in [0.4, 0.5) is 4.39 Å². The second kappa shape index (κ2) is 7.19. The van der Waals surface area contributed by atoms with Gasteiger partial charge < -0.3 is 10.4 Å². The number of hydrogen-bond donors (Lipinski definition) is 2. The summed E-state index contributed by atoms with van der Waals surface area (Å²) < 4.78 is 13.3. The molecule has 0 bridgehead atoms. The Hall–Kier alpha value is -1.79. The van der Waals surface area contributed by atoms with Crippen molar-refractivity contribution < 1.29 is 14.3 Å². The number of rotatable bonds is 4. The lowest BCUT2D eigenvalue weighted by molar-refractivity contribution is -0.121. The Morgan fingerprint density at radius 3 is 2.87 bits per heavy atom. The highest BCUT2D eigenvalue weighted by Gasteiger charge is 2.21. The van der Waals surface area contributed by atoms with E-state index in [9.17, 15) is 14.3 Å². The van der Waals surface area contributed by atoms with Gasteiger partial charge in [0.2, 0.25) is 5.91 Å². The Morgan fingerprint density at radius 1 is 1.35 bits per heavy atom. The highest BCUT2D eigenvalue weighted by molar-refractivity contribution is 7.13. The molecule has 1 amide bonds. The number of halogens is 1. The monoisotopic (exact) mass is 334 g/mol. The molecule has 4 nitrogen and oxygen atoms in total. The van der Waals surface area contributed by atoms with E-state index in [0.717, 1.165) is 31.2 Å². The van der Waals surface area contributed by atoms with E-state index < -0.39 is 0 Å². The Morgan fingerprint density at radius 2 is 2.13 bits per heavy atom. The summed E-state index contributed by atoms with van der Waals surface area (Å²) in [5.74, 6) is -0.348. The summed E-state index contributed by atoms with van der Waals surface area (Å²) in [4.78, 5) is 16.5. The number of aliphatic hydroxyl groups is 1. The molecule has 2 aromatic rings. The zero-order valence-corrected chi connectivity index (χ0v) is 13.5. The van der Waals surface area contributed by atoms with E-state index in [1.165, 1.54) is 23.5 Å². The van der Waals surface area contributed by atoms with Crippen molar-refractivity contribution in [1.29, 1.82) is 0 Å². The van der Waals surface area contributed by atoms with Crippen LogP contribution in [0.25, 0.3) is 10.6 Å². The van der Waals surface area contributed by atoms with Crippen LogP contribution in [-0.2, 0) is 11.2 Å². The fraction of sp³-hybridized carbons (Fsp3) is 0.412. The molecule has 1 aromatic carbocycles. The highest BCUT2D eigenvalue weighted by Crippen LogP contribution is 2.24. The van der Waals surface area contributed by atoms with Gasteiger partial charge in [-0.25, -0.2) is 9.37 Å². The minimum Gasteiger partial charge on any atom is -0.393 e. The van der Waals surface area contributed by atoms with Crippen LogP contribution >= 0.6 is 11.3 Å². The van der Waals surface area contributed by atoms with Gasteiger partial charge in [-0.2, -0.15) is 0 Å². The third-order valence-corrected chi connectivity index (χ3v) is 4.97. The maximum atomic E-state index is 13.3. The van der Waals surface area contributed by atoms with Gasteiger partial charge in [0.25, 0.3) is 0 Å². The summed E-state index contributed by atoms with van der Waals surface area (Å²) in [6, 6.07) is 6.43. The number of carbonyl (C=O) groups excluding carboxylic acids is 1. The molecule has 2 N–H and O–H groups in total. The molecule has 1 saturated carbocycles. The topological polar surface area (TPSA) is 62.2 Å². The number of amides is 1. The number of hydrogen-bond acceptors (Lipinski definition) is 4. The van der Waals surface area contributed by atoms with Crippen LogP contribution in [0.2, 0.25) is 0 Å². The summed E-state index contributed by atoms with van der Waals surface area (Å²) in [6.07, 6.45) is 3.12. The molecule has 1 aliphatic rings. The van der Waals surface area contributed by atoms with Gasteiger partial charge in [0.05, 0.1) is 18.2 Å². The standard InChI is InChI=1S/C17H19FN2O2S/c18-12-3-1-2-11(8-12)17-20-14(10-23-17)9-16(22)19-13-4-6-15(21)7-5-13/h1-3,8,10,13,15,21H,4-7,9H2,(H,19,22). The van der Waals surface area contributed by atoms with Gasteiger partial charge in [0, 0.05) is 17.0 Å². The van der Waals surface area contributed by atoms with Gasteiger partial charge in [-0.3, -0.25) is 4.79 Å². The van der Waals surface area contributed by atoms with Gasteiger partial charge in [-0.05, 0) is 37.8 Å². The molecule has 23 heavy (non-hydrogen) atoms. The first kappa shape index (κ1) is 16.1. The maximum Gasteiger partial charge on any atom is 0.226 e. The molecule has 3 rings (SSSR count). The van der Waals surface area contributed by atoms with Crippen molar-refractivity contribution in [3.05, 3.63) is 41.2 Å². The molecule has 0 radical (unpaired) electrons. The molecule has 0 atom stereocenters. The molecule has 122 valence electrons. The van der Waals surface area contributed by atoms with Crippen LogP contribution in [0.15, 0.2) is 29.6 Å². The summed E-state index contributed by atoms with van der Waals surface area (Å²) in [7, 11) is 0. The van der Waals surface area contributed by atoms with E-state index in [1.54, 1.807) is 12.1 Å². The Bertz CT molecular complexity index is 681. The quantitative estimate of drug-likeness (QED) is 0.904. The third-order valence-electron chi connectivity index (χ3n) is 4.03. The van der Waals surface area contributed by atoms with E-state index in [-0.39, 0.29) is 30.3 Å². The number of nitrogens with one attached hydrogen (secondary N) is 1. The molecule has 6 heteroatoms. The van der Waals surface area contributed by atoms with Crippen LogP contribution in [0.3, 0.4) is 0 Å². The van der Waals surface area contributed by atoms with Crippen LogP contribution < -0.4 is 5.32 Å². The first-order valence-corrected chi connectivity index (χ1v) is 8.66. The van der Waals surface area contributed by atoms with Gasteiger partial charge >= 0.3 is 0 Å². The lowest BCUT2D eigenvalue weighted by Gasteiger charge is -2.26. The molecule has 1 fully saturated rings. The molecule has 0 aliphatic heterocycles. The smallest absolute Gasteiger partial charge is 0.226 e. The molecular formula is C17H19FN2O2S. The molecule has 1 heterocycles. The highest BCUT2D eigenvalue weighted by atomic mass is 32.1. The van der Waals surface area contributed by atoms with Gasteiger partial charge in [-0.15, -0.1) is 11.3 Å². The number of carbonyl (C=O) groups is 1. The van der Waals surface area contributed by atoms with Crippen molar-refractivity contribution in [1.82, 2.24) is 10.3 Å². The van der Waals surface area contributed by atoms with Gasteiger partial charge in [0.15, 0.2) is 0 Å². The lowest BCUT2D eigenvalue weighted by Crippen LogP contribution is -2.39. The minimum atomic E-state index is -0.295. The Balaban J connectivity index is 1.57. The first-order chi connectivity index (χ1) is 11.1. The van der Waals surface area contributed by atoms with Crippen LogP contribution in [0.1, 0.15) is 31.4 Å². The summed E-state index contributed by atoms with van der Waals surface area (Å²) >= 11 is 1.41. The normalized spacial score (nSPS) is 21.1. The third kappa shape index (κ3) is 4.36. The summed E-state index contributed by atoms with van der Waals surface area (Å²) in [6.45, 7) is 0. The van der Waals surface area contributed by atoms with Crippen molar-refractivity contribution in [2.24, 2.45) is 0 Å². The second-order valence-corrected chi connectivity index (χ2v) is 6.76. The van der Waals surface area contributed by atoms with E-state index in [4.69, 9.17) is 0 Å². The zero-order valence-electron chi connectivity index (χ0n) is 12.7. The van der Waals surface area contributed by atoms with E-state index in [0.29, 0.717) is 10.7 Å². The number of thiazole rings is 1. The maximum absolute atomic E-state index is 13.3. The second-order valence-electron chi connectivity index (χ2n) is 5.90. The average molecular weight is 334 g/mol.